The average Bonchev–Trinajstić information content (AvgIpc) is 2.50. The van der Waals surface area contributed by atoms with Gasteiger partial charge in [-0.1, -0.05) is 19.1 Å². The minimum Gasteiger partial charge on any atom is -0.494 e. The summed E-state index contributed by atoms with van der Waals surface area (Å²) in [4.78, 5) is 23.2. The Kier molecular flexibility index (Phi) is 6.56. The molecule has 1 rings (SSSR count). The molecule has 0 saturated heterocycles. The van der Waals surface area contributed by atoms with Crippen LogP contribution in [0.3, 0.4) is 0 Å². The van der Waals surface area contributed by atoms with Crippen molar-refractivity contribution in [3.05, 3.63) is 29.8 Å². The van der Waals surface area contributed by atoms with E-state index in [1.54, 1.807) is 0 Å². The molecule has 0 heterocycles. The summed E-state index contributed by atoms with van der Waals surface area (Å²) >= 11 is 0. The van der Waals surface area contributed by atoms with Gasteiger partial charge in [0.25, 0.3) is 0 Å². The van der Waals surface area contributed by atoms with Gasteiger partial charge in [0.1, 0.15) is 5.75 Å². The van der Waals surface area contributed by atoms with Gasteiger partial charge in [-0.15, -0.1) is 0 Å². The van der Waals surface area contributed by atoms with E-state index >= 15 is 0 Å². The Balaban J connectivity index is 2.73. The van der Waals surface area contributed by atoms with Crippen molar-refractivity contribution in [3.8, 4) is 5.75 Å². The second-order valence-corrected chi connectivity index (χ2v) is 4.30. The Morgan fingerprint density at radius 1 is 1.05 bits per heavy atom. The summed E-state index contributed by atoms with van der Waals surface area (Å²) in [5.74, 6) is -1.36. The van der Waals surface area contributed by atoms with Gasteiger partial charge in [0.05, 0.1) is 20.8 Å². The largest absolute Gasteiger partial charge is 0.494 e. The first-order valence-corrected chi connectivity index (χ1v) is 6.49. The molecular formula is C15H20O5. The Bertz CT molecular complexity index is 422. The van der Waals surface area contributed by atoms with Crippen molar-refractivity contribution in [2.24, 2.45) is 5.92 Å². The molecule has 1 aromatic carbocycles. The van der Waals surface area contributed by atoms with Gasteiger partial charge in [-0.25, -0.2) is 0 Å². The molecule has 0 aliphatic heterocycles. The van der Waals surface area contributed by atoms with Crippen LogP contribution in [0.4, 0.5) is 0 Å². The van der Waals surface area contributed by atoms with Crippen LogP contribution in [-0.4, -0.2) is 32.8 Å². The lowest BCUT2D eigenvalue weighted by molar-refractivity contribution is -0.158. The van der Waals surface area contributed by atoms with Crippen LogP contribution in [-0.2, 0) is 25.5 Å². The van der Waals surface area contributed by atoms with Crippen LogP contribution >= 0.6 is 0 Å². The summed E-state index contributed by atoms with van der Waals surface area (Å²) in [6, 6.07) is 7.28. The number of ether oxygens (including phenoxy) is 3. The van der Waals surface area contributed by atoms with Gasteiger partial charge in [0, 0.05) is 0 Å². The Labute approximate surface area is 118 Å². The molecule has 0 atom stereocenters. The van der Waals surface area contributed by atoms with Gasteiger partial charge in [0.15, 0.2) is 5.92 Å². The Morgan fingerprint density at radius 2 is 1.60 bits per heavy atom. The van der Waals surface area contributed by atoms with Gasteiger partial charge < -0.3 is 14.2 Å². The molecule has 0 aliphatic carbocycles. The topological polar surface area (TPSA) is 61.8 Å². The molecule has 0 amide bonds. The highest BCUT2D eigenvalue weighted by atomic mass is 16.5. The van der Waals surface area contributed by atoms with Crippen molar-refractivity contribution in [2.45, 2.75) is 19.8 Å². The lowest BCUT2D eigenvalue weighted by Gasteiger charge is -2.12. The van der Waals surface area contributed by atoms with Crippen molar-refractivity contribution in [3.63, 3.8) is 0 Å². The minimum absolute atomic E-state index is 0.243. The molecule has 1 aromatic rings. The molecular weight excluding hydrogens is 260 g/mol. The van der Waals surface area contributed by atoms with Crippen LogP contribution in [0.25, 0.3) is 0 Å². The number of hydrogen-bond acceptors (Lipinski definition) is 5. The maximum absolute atomic E-state index is 11.6. The lowest BCUT2D eigenvalue weighted by atomic mass is 9.99. The van der Waals surface area contributed by atoms with Gasteiger partial charge in [-0.05, 0) is 30.5 Å². The number of rotatable bonds is 7. The molecule has 0 spiro atoms. The van der Waals surface area contributed by atoms with E-state index in [0.29, 0.717) is 6.61 Å². The minimum atomic E-state index is -0.938. The van der Waals surface area contributed by atoms with E-state index in [2.05, 4.69) is 9.47 Å². The van der Waals surface area contributed by atoms with E-state index in [0.717, 1.165) is 17.7 Å². The summed E-state index contributed by atoms with van der Waals surface area (Å²) in [5.41, 5.74) is 0.842. The number of hydrogen-bond donors (Lipinski definition) is 0. The molecule has 0 N–H and O–H groups in total. The fraction of sp³-hybridized carbons (Fsp3) is 0.467. The SMILES string of the molecule is CCCOc1ccc(CC(C(=O)OC)C(=O)OC)cc1. The fourth-order valence-electron chi connectivity index (χ4n) is 1.72. The summed E-state index contributed by atoms with van der Waals surface area (Å²) < 4.78 is 14.7. The molecule has 0 radical (unpaired) electrons. The van der Waals surface area contributed by atoms with Crippen molar-refractivity contribution in [2.75, 3.05) is 20.8 Å². The Morgan fingerprint density at radius 3 is 2.05 bits per heavy atom. The third-order valence-electron chi connectivity index (χ3n) is 2.81. The van der Waals surface area contributed by atoms with E-state index in [9.17, 15) is 9.59 Å². The van der Waals surface area contributed by atoms with Gasteiger partial charge in [-0.2, -0.15) is 0 Å². The lowest BCUT2D eigenvalue weighted by Crippen LogP contribution is -2.28. The van der Waals surface area contributed by atoms with E-state index < -0.39 is 17.9 Å². The Hall–Kier alpha value is -2.04. The molecule has 5 nitrogen and oxygen atoms in total. The second-order valence-electron chi connectivity index (χ2n) is 4.30. The zero-order valence-electron chi connectivity index (χ0n) is 12.0. The molecule has 0 aliphatic rings. The zero-order chi connectivity index (χ0) is 15.0. The van der Waals surface area contributed by atoms with Gasteiger partial charge >= 0.3 is 11.9 Å². The maximum Gasteiger partial charge on any atom is 0.320 e. The van der Waals surface area contributed by atoms with Crippen LogP contribution in [0, 0.1) is 5.92 Å². The number of benzene rings is 1. The van der Waals surface area contributed by atoms with Crippen molar-refractivity contribution >= 4 is 11.9 Å². The first-order valence-electron chi connectivity index (χ1n) is 6.49. The molecule has 0 saturated carbocycles. The number of methoxy groups -OCH3 is 2. The first kappa shape index (κ1) is 16.0. The number of esters is 2. The molecule has 0 fully saturated rings. The summed E-state index contributed by atoms with van der Waals surface area (Å²) in [6.07, 6.45) is 1.18. The van der Waals surface area contributed by atoms with Crippen LogP contribution in [0.15, 0.2) is 24.3 Å². The fourth-order valence-corrected chi connectivity index (χ4v) is 1.72. The standard InChI is InChI=1S/C15H20O5/c1-4-9-20-12-7-5-11(6-8-12)10-13(14(16)18-2)15(17)19-3/h5-8,13H,4,9-10H2,1-3H3. The molecule has 0 bridgehead atoms. The summed E-state index contributed by atoms with van der Waals surface area (Å²) in [6.45, 7) is 2.69. The third-order valence-corrected chi connectivity index (χ3v) is 2.81. The van der Waals surface area contributed by atoms with Crippen LogP contribution in [0.5, 0.6) is 5.75 Å². The highest BCUT2D eigenvalue weighted by molar-refractivity contribution is 5.95. The predicted octanol–water partition coefficient (Wildman–Crippen LogP) is 1.98. The van der Waals surface area contributed by atoms with Gasteiger partial charge in [-0.3, -0.25) is 9.59 Å². The number of carbonyl (C=O) groups is 2. The molecule has 0 unspecified atom stereocenters. The normalized spacial score (nSPS) is 10.2. The highest BCUT2D eigenvalue weighted by Crippen LogP contribution is 2.17. The maximum atomic E-state index is 11.6. The zero-order valence-corrected chi connectivity index (χ0v) is 12.0. The summed E-state index contributed by atoms with van der Waals surface area (Å²) in [5, 5.41) is 0. The van der Waals surface area contributed by atoms with Crippen LogP contribution in [0.2, 0.25) is 0 Å². The van der Waals surface area contributed by atoms with Gasteiger partial charge in [0.2, 0.25) is 0 Å². The van der Waals surface area contributed by atoms with Crippen molar-refractivity contribution in [1.82, 2.24) is 0 Å². The second kappa shape index (κ2) is 8.19. The average molecular weight is 280 g/mol. The highest BCUT2D eigenvalue weighted by Gasteiger charge is 2.28. The van der Waals surface area contributed by atoms with E-state index in [-0.39, 0.29) is 6.42 Å². The van der Waals surface area contributed by atoms with Crippen LogP contribution < -0.4 is 4.74 Å². The van der Waals surface area contributed by atoms with E-state index in [4.69, 9.17) is 4.74 Å². The quantitative estimate of drug-likeness (QED) is 0.564. The predicted molar refractivity (Wildman–Crippen MR) is 73.5 cm³/mol. The molecule has 0 aromatic heterocycles. The molecule has 5 heteroatoms. The van der Waals surface area contributed by atoms with Crippen molar-refractivity contribution in [1.29, 1.82) is 0 Å². The smallest absolute Gasteiger partial charge is 0.320 e. The van der Waals surface area contributed by atoms with Crippen molar-refractivity contribution < 1.29 is 23.8 Å². The number of carbonyl (C=O) groups excluding carboxylic acids is 2. The molecule has 110 valence electrons. The third kappa shape index (κ3) is 4.57. The van der Waals surface area contributed by atoms with E-state index in [1.165, 1.54) is 14.2 Å². The monoisotopic (exact) mass is 280 g/mol. The summed E-state index contributed by atoms with van der Waals surface area (Å²) in [7, 11) is 2.50. The first-order chi connectivity index (χ1) is 9.62. The van der Waals surface area contributed by atoms with Crippen LogP contribution in [0.1, 0.15) is 18.9 Å². The van der Waals surface area contributed by atoms with E-state index in [1.807, 2.05) is 31.2 Å². The molecule has 20 heavy (non-hydrogen) atoms.